The lowest BCUT2D eigenvalue weighted by atomic mass is 10.1. The molecule has 0 aromatic heterocycles. The number of likely N-dealkylation sites (N-methyl/N-ethyl adjacent to an activating group) is 1. The molecule has 0 saturated carbocycles. The molecule has 2 rings (SSSR count). The van der Waals surface area contributed by atoms with Crippen molar-refractivity contribution in [3.8, 4) is 11.5 Å². The van der Waals surface area contributed by atoms with E-state index in [2.05, 4.69) is 5.32 Å². The van der Waals surface area contributed by atoms with Gasteiger partial charge in [0.05, 0.1) is 13.7 Å². The number of allylic oxidation sites excluding steroid dienone is 1. The highest BCUT2D eigenvalue weighted by Crippen LogP contribution is 2.28. The van der Waals surface area contributed by atoms with Gasteiger partial charge in [0.2, 0.25) is 5.91 Å². The first-order valence-corrected chi connectivity index (χ1v) is 9.39. The molecule has 0 fully saturated rings. The lowest BCUT2D eigenvalue weighted by molar-refractivity contribution is -0.135. The lowest BCUT2D eigenvalue weighted by Crippen LogP contribution is -2.37. The zero-order valence-electron chi connectivity index (χ0n) is 17.6. The Bertz CT molecular complexity index is 906. The molecule has 0 saturated heterocycles. The van der Waals surface area contributed by atoms with Gasteiger partial charge in [0, 0.05) is 12.7 Å². The van der Waals surface area contributed by atoms with E-state index in [4.69, 9.17) is 9.47 Å². The minimum Gasteiger partial charge on any atom is -0.493 e. The van der Waals surface area contributed by atoms with Gasteiger partial charge in [-0.25, -0.2) is 0 Å². The van der Waals surface area contributed by atoms with Crippen LogP contribution in [0.25, 0.3) is 6.08 Å². The number of hydrogen-bond acceptors (Lipinski definition) is 4. The predicted octanol–water partition coefficient (Wildman–Crippen LogP) is 3.82. The van der Waals surface area contributed by atoms with E-state index in [9.17, 15) is 9.59 Å². The number of aryl methyl sites for hydroxylation is 1. The largest absolute Gasteiger partial charge is 0.493 e. The molecule has 0 bridgehead atoms. The summed E-state index contributed by atoms with van der Waals surface area (Å²) in [5.74, 6) is 0.453. The fourth-order valence-electron chi connectivity index (χ4n) is 2.73. The Labute approximate surface area is 172 Å². The number of ether oxygens (including phenoxy) is 2. The van der Waals surface area contributed by atoms with Crippen LogP contribution in [0.5, 0.6) is 11.5 Å². The average molecular weight is 396 g/mol. The van der Waals surface area contributed by atoms with E-state index in [1.54, 1.807) is 20.2 Å². The van der Waals surface area contributed by atoms with E-state index < -0.39 is 0 Å². The molecule has 6 heteroatoms. The quantitative estimate of drug-likeness (QED) is 0.737. The van der Waals surface area contributed by atoms with E-state index in [-0.39, 0.29) is 25.0 Å². The van der Waals surface area contributed by atoms with Crippen LogP contribution in [0.4, 0.5) is 5.69 Å². The normalized spacial score (nSPS) is 10.7. The zero-order valence-corrected chi connectivity index (χ0v) is 17.6. The summed E-state index contributed by atoms with van der Waals surface area (Å²) in [6, 6.07) is 11.2. The Morgan fingerprint density at radius 2 is 1.90 bits per heavy atom. The standard InChI is InChI=1S/C23H28N2O4/c1-6-8-18-11-12-20(21(13-18)28-5)29-15-23(27)25(4)14-22(26)24-19-10-7-9-16(2)17(19)3/h6-13H,14-15H2,1-5H3,(H,24,26)/b8-6+. The number of methoxy groups -OCH3 is 1. The monoisotopic (exact) mass is 396 g/mol. The van der Waals surface area contributed by atoms with E-state index in [0.717, 1.165) is 22.4 Å². The Morgan fingerprint density at radius 1 is 1.14 bits per heavy atom. The van der Waals surface area contributed by atoms with Gasteiger partial charge in [0.15, 0.2) is 18.1 Å². The second kappa shape index (κ2) is 10.3. The van der Waals surface area contributed by atoms with E-state index in [0.29, 0.717) is 11.5 Å². The highest BCUT2D eigenvalue weighted by Gasteiger charge is 2.16. The van der Waals surface area contributed by atoms with Gasteiger partial charge in [-0.05, 0) is 55.7 Å². The molecule has 0 radical (unpaired) electrons. The van der Waals surface area contributed by atoms with Crippen LogP contribution in [-0.4, -0.2) is 44.0 Å². The molecular formula is C23H28N2O4. The Kier molecular flexibility index (Phi) is 7.83. The summed E-state index contributed by atoms with van der Waals surface area (Å²) in [4.78, 5) is 26.0. The summed E-state index contributed by atoms with van der Waals surface area (Å²) >= 11 is 0. The summed E-state index contributed by atoms with van der Waals surface area (Å²) < 4.78 is 10.9. The van der Waals surface area contributed by atoms with Gasteiger partial charge in [-0.2, -0.15) is 0 Å². The van der Waals surface area contributed by atoms with Crippen molar-refractivity contribution >= 4 is 23.6 Å². The van der Waals surface area contributed by atoms with Crippen LogP contribution in [0.2, 0.25) is 0 Å². The fraction of sp³-hybridized carbons (Fsp3) is 0.304. The molecule has 6 nitrogen and oxygen atoms in total. The van der Waals surface area contributed by atoms with Gasteiger partial charge in [-0.1, -0.05) is 30.4 Å². The van der Waals surface area contributed by atoms with Crippen molar-refractivity contribution in [1.82, 2.24) is 4.90 Å². The number of anilines is 1. The number of hydrogen-bond donors (Lipinski definition) is 1. The highest BCUT2D eigenvalue weighted by molar-refractivity contribution is 5.95. The Morgan fingerprint density at radius 3 is 2.59 bits per heavy atom. The predicted molar refractivity (Wildman–Crippen MR) is 115 cm³/mol. The van der Waals surface area contributed by atoms with Crippen molar-refractivity contribution in [1.29, 1.82) is 0 Å². The molecule has 29 heavy (non-hydrogen) atoms. The first-order valence-electron chi connectivity index (χ1n) is 9.39. The van der Waals surface area contributed by atoms with Crippen molar-refractivity contribution in [2.75, 3.05) is 32.6 Å². The highest BCUT2D eigenvalue weighted by atomic mass is 16.5. The fourth-order valence-corrected chi connectivity index (χ4v) is 2.73. The van der Waals surface area contributed by atoms with Crippen molar-refractivity contribution in [3.63, 3.8) is 0 Å². The SMILES string of the molecule is C/C=C/c1ccc(OCC(=O)N(C)CC(=O)Nc2cccc(C)c2C)c(OC)c1. The van der Waals surface area contributed by atoms with E-state index in [1.165, 1.54) is 4.90 Å². The second-order valence-corrected chi connectivity index (χ2v) is 6.74. The molecule has 0 heterocycles. The first-order chi connectivity index (χ1) is 13.8. The maximum absolute atomic E-state index is 12.4. The van der Waals surface area contributed by atoms with Crippen molar-refractivity contribution in [2.45, 2.75) is 20.8 Å². The third-order valence-corrected chi connectivity index (χ3v) is 4.58. The summed E-state index contributed by atoms with van der Waals surface area (Å²) in [5.41, 5.74) is 3.82. The maximum Gasteiger partial charge on any atom is 0.260 e. The summed E-state index contributed by atoms with van der Waals surface area (Å²) in [6.45, 7) is 5.61. The second-order valence-electron chi connectivity index (χ2n) is 6.74. The summed E-state index contributed by atoms with van der Waals surface area (Å²) in [5, 5.41) is 2.85. The van der Waals surface area contributed by atoms with Crippen LogP contribution < -0.4 is 14.8 Å². The van der Waals surface area contributed by atoms with Crippen LogP contribution in [-0.2, 0) is 9.59 Å². The van der Waals surface area contributed by atoms with Crippen LogP contribution in [0.1, 0.15) is 23.6 Å². The molecule has 2 aromatic rings. The first kappa shape index (κ1) is 22.0. The van der Waals surface area contributed by atoms with Crippen LogP contribution >= 0.6 is 0 Å². The molecule has 2 aromatic carbocycles. The minimum atomic E-state index is -0.305. The summed E-state index contributed by atoms with van der Waals surface area (Å²) in [6.07, 6.45) is 3.87. The third-order valence-electron chi connectivity index (χ3n) is 4.58. The molecule has 0 spiro atoms. The van der Waals surface area contributed by atoms with E-state index in [1.807, 2.05) is 63.3 Å². The molecule has 0 aliphatic heterocycles. The van der Waals surface area contributed by atoms with Crippen LogP contribution in [0.15, 0.2) is 42.5 Å². The molecule has 0 unspecified atom stereocenters. The Hall–Kier alpha value is -3.28. The van der Waals surface area contributed by atoms with Crippen molar-refractivity contribution in [2.24, 2.45) is 0 Å². The van der Waals surface area contributed by atoms with E-state index >= 15 is 0 Å². The van der Waals surface area contributed by atoms with Crippen molar-refractivity contribution < 1.29 is 19.1 Å². The van der Waals surface area contributed by atoms with Gasteiger partial charge < -0.3 is 19.7 Å². The Balaban J connectivity index is 1.92. The molecule has 0 aliphatic rings. The van der Waals surface area contributed by atoms with Gasteiger partial charge >= 0.3 is 0 Å². The lowest BCUT2D eigenvalue weighted by Gasteiger charge is -2.18. The maximum atomic E-state index is 12.4. The zero-order chi connectivity index (χ0) is 21.4. The van der Waals surface area contributed by atoms with Gasteiger partial charge in [0.1, 0.15) is 0 Å². The molecule has 0 aliphatic carbocycles. The number of nitrogens with one attached hydrogen (secondary N) is 1. The molecular weight excluding hydrogens is 368 g/mol. The summed E-state index contributed by atoms with van der Waals surface area (Å²) in [7, 11) is 3.12. The average Bonchev–Trinajstić information content (AvgIpc) is 2.70. The number of amides is 2. The van der Waals surface area contributed by atoms with Gasteiger partial charge in [0.25, 0.3) is 5.91 Å². The number of benzene rings is 2. The van der Waals surface area contributed by atoms with Gasteiger partial charge in [-0.3, -0.25) is 9.59 Å². The molecule has 154 valence electrons. The van der Waals surface area contributed by atoms with Crippen molar-refractivity contribution in [3.05, 3.63) is 59.2 Å². The number of rotatable bonds is 8. The minimum absolute atomic E-state index is 0.0626. The van der Waals surface area contributed by atoms with Crippen LogP contribution in [0.3, 0.4) is 0 Å². The number of carbonyl (C=O) groups is 2. The number of carbonyl (C=O) groups excluding carboxylic acids is 2. The topological polar surface area (TPSA) is 67.9 Å². The molecule has 0 atom stereocenters. The number of nitrogens with zero attached hydrogens (tertiary/aromatic N) is 1. The van der Waals surface area contributed by atoms with Gasteiger partial charge in [-0.15, -0.1) is 0 Å². The molecule has 1 N–H and O–H groups in total. The third kappa shape index (κ3) is 6.10. The van der Waals surface area contributed by atoms with Crippen LogP contribution in [0, 0.1) is 13.8 Å². The smallest absolute Gasteiger partial charge is 0.260 e. The molecule has 2 amide bonds.